The third-order valence-electron chi connectivity index (χ3n) is 4.96. The van der Waals surface area contributed by atoms with Gasteiger partial charge in [0.15, 0.2) is 5.82 Å². The molecule has 0 fully saturated rings. The molecule has 2 aromatic rings. The van der Waals surface area contributed by atoms with E-state index in [0.29, 0.717) is 19.6 Å². The van der Waals surface area contributed by atoms with Crippen molar-refractivity contribution >= 4 is 17.6 Å². The zero-order valence-electron chi connectivity index (χ0n) is 19.7. The van der Waals surface area contributed by atoms with E-state index in [4.69, 9.17) is 0 Å². The minimum absolute atomic E-state index is 0.0659. The van der Waals surface area contributed by atoms with E-state index in [9.17, 15) is 26.3 Å². The number of hydrogen-bond acceptors (Lipinski definition) is 8. The average molecular weight is 514 g/mol. The van der Waals surface area contributed by atoms with E-state index < -0.39 is 30.2 Å². The van der Waals surface area contributed by atoms with Gasteiger partial charge in [-0.15, -0.1) is 0 Å². The number of hydrogen-bond donors (Lipinski definition) is 1. The van der Waals surface area contributed by atoms with Crippen molar-refractivity contribution in [2.75, 3.05) is 43.9 Å². The fraction of sp³-hybridized carbons (Fsp3) is 0.409. The highest BCUT2D eigenvalue weighted by Gasteiger charge is 2.35. The van der Waals surface area contributed by atoms with Crippen molar-refractivity contribution in [3.05, 3.63) is 47.9 Å². The SMILES string of the molecule is CCN(CCN(C)C)c1nc(NC2=CCC(C(F)(F)F)=NC=C2)nc(-c2cccc(C(F)(F)F)n2)n1. The molecule has 0 spiro atoms. The molecule has 0 saturated carbocycles. The van der Waals surface area contributed by atoms with Crippen LogP contribution in [0.4, 0.5) is 38.2 Å². The molecule has 1 aliphatic heterocycles. The van der Waals surface area contributed by atoms with Gasteiger partial charge in [-0.25, -0.2) is 4.98 Å². The van der Waals surface area contributed by atoms with Crippen LogP contribution >= 0.6 is 0 Å². The molecule has 194 valence electrons. The Morgan fingerprint density at radius 3 is 2.33 bits per heavy atom. The molecule has 0 aromatic carbocycles. The first kappa shape index (κ1) is 27.0. The highest BCUT2D eigenvalue weighted by Crippen LogP contribution is 2.29. The monoisotopic (exact) mass is 514 g/mol. The molecule has 2 aromatic heterocycles. The maximum Gasteiger partial charge on any atom is 0.433 e. The van der Waals surface area contributed by atoms with Crippen molar-refractivity contribution in [3.63, 3.8) is 0 Å². The molecule has 0 aliphatic carbocycles. The van der Waals surface area contributed by atoms with Crippen LogP contribution in [0.2, 0.25) is 0 Å². The van der Waals surface area contributed by atoms with Crippen molar-refractivity contribution < 1.29 is 26.3 Å². The number of allylic oxidation sites excluding steroid dienone is 2. The highest BCUT2D eigenvalue weighted by atomic mass is 19.4. The maximum atomic E-state index is 13.2. The molecular formula is C22H24F6N8. The van der Waals surface area contributed by atoms with Gasteiger partial charge in [-0.05, 0) is 39.2 Å². The Hall–Kier alpha value is -3.55. The number of rotatable bonds is 8. The summed E-state index contributed by atoms with van der Waals surface area (Å²) in [4.78, 5) is 23.7. The lowest BCUT2D eigenvalue weighted by molar-refractivity contribution is -0.141. The predicted octanol–water partition coefficient (Wildman–Crippen LogP) is 4.56. The molecule has 1 aliphatic rings. The Balaban J connectivity index is 2.00. The number of aromatic nitrogens is 4. The number of aliphatic imine (C=N–C) groups is 1. The summed E-state index contributed by atoms with van der Waals surface area (Å²) in [6, 6.07) is 3.36. The van der Waals surface area contributed by atoms with Crippen LogP contribution in [0, 0.1) is 0 Å². The molecule has 3 rings (SSSR count). The Morgan fingerprint density at radius 2 is 1.69 bits per heavy atom. The summed E-state index contributed by atoms with van der Waals surface area (Å²) in [7, 11) is 3.77. The number of pyridine rings is 1. The number of likely N-dealkylation sites (N-methyl/N-ethyl adjacent to an activating group) is 2. The first-order chi connectivity index (χ1) is 16.9. The van der Waals surface area contributed by atoms with Crippen LogP contribution in [-0.2, 0) is 6.18 Å². The Kier molecular flexibility index (Phi) is 8.28. The molecule has 14 heteroatoms. The third kappa shape index (κ3) is 7.23. The van der Waals surface area contributed by atoms with Crippen molar-refractivity contribution in [2.45, 2.75) is 25.7 Å². The normalized spacial score (nSPS) is 14.4. The lowest BCUT2D eigenvalue weighted by Crippen LogP contribution is -2.33. The smallest absolute Gasteiger partial charge is 0.340 e. The van der Waals surface area contributed by atoms with Crippen molar-refractivity contribution in [1.29, 1.82) is 0 Å². The van der Waals surface area contributed by atoms with E-state index in [2.05, 4.69) is 30.2 Å². The lowest BCUT2D eigenvalue weighted by Gasteiger charge is -2.23. The lowest BCUT2D eigenvalue weighted by atomic mass is 10.2. The molecule has 8 nitrogen and oxygen atoms in total. The zero-order valence-corrected chi connectivity index (χ0v) is 19.7. The molecule has 0 unspecified atom stereocenters. The molecule has 0 radical (unpaired) electrons. The molecular weight excluding hydrogens is 490 g/mol. The number of nitrogens with zero attached hydrogens (tertiary/aromatic N) is 7. The van der Waals surface area contributed by atoms with Crippen LogP contribution in [0.25, 0.3) is 11.5 Å². The quantitative estimate of drug-likeness (QED) is 0.518. The second kappa shape index (κ2) is 11.0. The maximum absolute atomic E-state index is 13.2. The van der Waals surface area contributed by atoms with Crippen LogP contribution in [0.5, 0.6) is 0 Å². The van der Waals surface area contributed by atoms with E-state index >= 15 is 0 Å². The molecule has 1 N–H and O–H groups in total. The fourth-order valence-corrected chi connectivity index (χ4v) is 3.06. The summed E-state index contributed by atoms with van der Waals surface area (Å²) in [5, 5.41) is 2.82. The predicted molar refractivity (Wildman–Crippen MR) is 123 cm³/mol. The first-order valence-corrected chi connectivity index (χ1v) is 10.8. The molecule has 0 bridgehead atoms. The largest absolute Gasteiger partial charge is 0.433 e. The third-order valence-corrected chi connectivity index (χ3v) is 4.96. The van der Waals surface area contributed by atoms with Gasteiger partial charge in [0.05, 0.1) is 0 Å². The van der Waals surface area contributed by atoms with Gasteiger partial charge >= 0.3 is 12.4 Å². The van der Waals surface area contributed by atoms with Crippen LogP contribution in [0.3, 0.4) is 0 Å². The van der Waals surface area contributed by atoms with Crippen molar-refractivity contribution in [3.8, 4) is 11.5 Å². The average Bonchev–Trinajstić information content (AvgIpc) is 3.04. The summed E-state index contributed by atoms with van der Waals surface area (Å²) < 4.78 is 78.7. The van der Waals surface area contributed by atoms with E-state index in [1.54, 1.807) is 4.90 Å². The summed E-state index contributed by atoms with van der Waals surface area (Å²) in [5.74, 6) is -0.0114. The van der Waals surface area contributed by atoms with E-state index in [0.717, 1.165) is 12.3 Å². The van der Waals surface area contributed by atoms with Crippen LogP contribution in [-0.4, -0.2) is 70.5 Å². The van der Waals surface area contributed by atoms with E-state index in [1.807, 2.05) is 25.9 Å². The summed E-state index contributed by atoms with van der Waals surface area (Å²) in [6.07, 6.45) is -6.14. The zero-order chi connectivity index (χ0) is 26.5. The molecule has 0 saturated heterocycles. The molecule has 0 amide bonds. The van der Waals surface area contributed by atoms with Gasteiger partial charge in [0.25, 0.3) is 0 Å². The van der Waals surface area contributed by atoms with Crippen LogP contribution < -0.4 is 10.2 Å². The van der Waals surface area contributed by atoms with Gasteiger partial charge in [0.1, 0.15) is 17.1 Å². The Bertz CT molecular complexity index is 1150. The van der Waals surface area contributed by atoms with Gasteiger partial charge < -0.3 is 15.1 Å². The van der Waals surface area contributed by atoms with E-state index in [-0.39, 0.29) is 29.1 Å². The number of nitrogens with one attached hydrogen (secondary N) is 1. The second-order valence-corrected chi connectivity index (χ2v) is 7.95. The van der Waals surface area contributed by atoms with Gasteiger partial charge in [-0.3, -0.25) is 4.99 Å². The summed E-state index contributed by atoms with van der Waals surface area (Å²) >= 11 is 0. The van der Waals surface area contributed by atoms with Gasteiger partial charge in [-0.2, -0.15) is 41.3 Å². The Morgan fingerprint density at radius 1 is 0.944 bits per heavy atom. The van der Waals surface area contributed by atoms with Crippen LogP contribution in [0.1, 0.15) is 19.0 Å². The van der Waals surface area contributed by atoms with Gasteiger partial charge in [0.2, 0.25) is 11.9 Å². The highest BCUT2D eigenvalue weighted by molar-refractivity contribution is 5.91. The summed E-state index contributed by atoms with van der Waals surface area (Å²) in [6.45, 7) is 3.50. The fourth-order valence-electron chi connectivity index (χ4n) is 3.06. The van der Waals surface area contributed by atoms with Crippen molar-refractivity contribution in [1.82, 2.24) is 24.8 Å². The number of anilines is 2. The standard InChI is InChI=1S/C22H24F6N8/c1-4-36(13-12-35(2)3)20-33-18(15-6-5-7-17(31-15)22(26,27)28)32-19(34-20)30-14-8-9-16(21(23,24)25)29-11-10-14/h5-8,10-11H,4,9,12-13H2,1-3H3,(H,30,32,33,34). The van der Waals surface area contributed by atoms with Crippen molar-refractivity contribution in [2.24, 2.45) is 4.99 Å². The Labute approximate surface area is 203 Å². The number of alkyl halides is 6. The number of halogens is 6. The van der Waals surface area contributed by atoms with Gasteiger partial charge in [0, 0.05) is 38.0 Å². The van der Waals surface area contributed by atoms with E-state index in [1.165, 1.54) is 24.3 Å². The minimum Gasteiger partial charge on any atom is -0.340 e. The second-order valence-electron chi connectivity index (χ2n) is 7.95. The topological polar surface area (TPSA) is 82.4 Å². The minimum atomic E-state index is -4.67. The van der Waals surface area contributed by atoms with Gasteiger partial charge in [-0.1, -0.05) is 12.1 Å². The molecule has 36 heavy (non-hydrogen) atoms. The molecule has 0 atom stereocenters. The van der Waals surface area contributed by atoms with Crippen LogP contribution in [0.15, 0.2) is 47.2 Å². The molecule has 3 heterocycles. The first-order valence-electron chi connectivity index (χ1n) is 10.8. The summed E-state index contributed by atoms with van der Waals surface area (Å²) in [5.41, 5.74) is -1.98.